The second-order valence-electron chi connectivity index (χ2n) is 12.0. The molecule has 1 unspecified atom stereocenters. The third-order valence-corrected chi connectivity index (χ3v) is 10.1. The summed E-state index contributed by atoms with van der Waals surface area (Å²) in [6.07, 6.45) is 0.808. The lowest BCUT2D eigenvalue weighted by atomic mass is 10.0. The van der Waals surface area contributed by atoms with Crippen LogP contribution in [0, 0.1) is 5.92 Å². The van der Waals surface area contributed by atoms with Crippen molar-refractivity contribution in [3.05, 3.63) is 81.1 Å². The molecule has 2 fully saturated rings. The first-order chi connectivity index (χ1) is 23.3. The number of rotatable bonds is 15. The Hall–Kier alpha value is -2.96. The standard InChI is InChI=1S/C33H35Cl2F5N3O5P/c1-49(45)43(13-12-42-10-2-3-11-42)27-14-22(6-8-24(27)33(38,39)40)31(44)47-29(16-23-25(34)17-41-18-26(23)35)21-7-9-28(48-32(36)37)30(15-21)46-19-20-4-5-20/h6-9,14-15,17-18,20,29,32,45H,2-5,10-13,16,19H2,1H3/p+1/t29-,49?/m0/s1. The van der Waals surface area contributed by atoms with Gasteiger partial charge in [-0.1, -0.05) is 29.3 Å². The minimum Gasteiger partial charge on any atom is -0.489 e. The van der Waals surface area contributed by atoms with Crippen molar-refractivity contribution in [1.29, 1.82) is 0 Å². The molecule has 1 aromatic heterocycles. The van der Waals surface area contributed by atoms with E-state index in [2.05, 4.69) is 14.6 Å². The number of anilines is 1. The molecule has 1 saturated heterocycles. The van der Waals surface area contributed by atoms with Crippen molar-refractivity contribution in [1.82, 2.24) is 4.90 Å². The Kier molecular flexibility index (Phi) is 12.5. The van der Waals surface area contributed by atoms with Crippen LogP contribution in [0.2, 0.25) is 10.0 Å². The summed E-state index contributed by atoms with van der Waals surface area (Å²) in [5, 5.41) is 0.447. The maximum Gasteiger partial charge on any atom is 0.418 e. The third-order valence-electron chi connectivity index (χ3n) is 8.36. The van der Waals surface area contributed by atoms with Gasteiger partial charge in [-0.25, -0.2) is 9.78 Å². The topological polar surface area (TPSA) is 85.6 Å². The van der Waals surface area contributed by atoms with Gasteiger partial charge < -0.3 is 28.7 Å². The number of likely N-dealkylation sites (tertiary alicyclic amines) is 1. The Balaban J connectivity index is 1.49. The number of pyridine rings is 1. The number of hydrogen-bond donors (Lipinski definition) is 1. The SMILES string of the molecule is CP(O)N(CCN1CCCC1)c1cc(C(=O)O[C@@H](Cc2c(Cl)c[nH+]cc2Cl)c2ccc(OC(F)F)c(OCC3CC3)c2)ccc1C(F)(F)F. The van der Waals surface area contributed by atoms with Gasteiger partial charge in [-0.15, -0.1) is 0 Å². The molecule has 0 bridgehead atoms. The second-order valence-corrected chi connectivity index (χ2v) is 14.2. The molecule has 2 atom stereocenters. The van der Waals surface area contributed by atoms with Crippen LogP contribution in [-0.2, 0) is 17.3 Å². The first-order valence-corrected chi connectivity index (χ1v) is 18.2. The number of esters is 1. The number of carbonyl (C=O) groups is 1. The number of ether oxygens (including phenoxy) is 3. The quantitative estimate of drug-likeness (QED) is 0.0953. The van der Waals surface area contributed by atoms with E-state index in [1.54, 1.807) is 0 Å². The normalized spacial score (nSPS) is 16.4. The van der Waals surface area contributed by atoms with Crippen LogP contribution in [0.15, 0.2) is 48.8 Å². The number of nitrogens with zero attached hydrogens (tertiary/aromatic N) is 2. The van der Waals surface area contributed by atoms with E-state index in [-0.39, 0.29) is 58.3 Å². The zero-order chi connectivity index (χ0) is 35.3. The lowest BCUT2D eigenvalue weighted by molar-refractivity contribution is -0.377. The molecule has 0 amide bonds. The second kappa shape index (κ2) is 16.4. The fourth-order valence-corrected chi connectivity index (χ4v) is 6.97. The van der Waals surface area contributed by atoms with Gasteiger partial charge in [0.25, 0.3) is 0 Å². The van der Waals surface area contributed by atoms with Crippen molar-refractivity contribution in [3.8, 4) is 11.5 Å². The first-order valence-electron chi connectivity index (χ1n) is 15.7. The van der Waals surface area contributed by atoms with Crippen LogP contribution >= 0.6 is 31.5 Å². The molecule has 0 spiro atoms. The van der Waals surface area contributed by atoms with E-state index >= 15 is 0 Å². The number of benzene rings is 2. The molecule has 16 heteroatoms. The number of H-pyrrole nitrogens is 1. The van der Waals surface area contributed by atoms with Gasteiger partial charge >= 0.3 is 18.8 Å². The molecule has 3 aromatic rings. The highest BCUT2D eigenvalue weighted by Crippen LogP contribution is 2.45. The Bertz CT molecular complexity index is 1590. The van der Waals surface area contributed by atoms with Crippen LogP contribution in [0.1, 0.15) is 58.8 Å². The minimum atomic E-state index is -4.77. The van der Waals surface area contributed by atoms with Crippen molar-refractivity contribution < 1.29 is 50.8 Å². The smallest absolute Gasteiger partial charge is 0.418 e. The Morgan fingerprint density at radius 1 is 1.08 bits per heavy atom. The van der Waals surface area contributed by atoms with Crippen molar-refractivity contribution >= 4 is 43.2 Å². The number of hydrogen-bond acceptors (Lipinski definition) is 7. The molecule has 2 aliphatic rings. The third kappa shape index (κ3) is 10.1. The lowest BCUT2D eigenvalue weighted by Gasteiger charge is -2.31. The molecule has 2 heterocycles. The van der Waals surface area contributed by atoms with Gasteiger partial charge in [0.15, 0.2) is 23.9 Å². The van der Waals surface area contributed by atoms with E-state index < -0.39 is 38.7 Å². The number of aromatic nitrogens is 1. The van der Waals surface area contributed by atoms with Crippen molar-refractivity contribution in [2.24, 2.45) is 5.92 Å². The van der Waals surface area contributed by atoms with Crippen LogP contribution in [0.5, 0.6) is 11.5 Å². The van der Waals surface area contributed by atoms with Crippen molar-refractivity contribution in [3.63, 3.8) is 0 Å². The zero-order valence-corrected chi connectivity index (χ0v) is 28.9. The molecule has 2 aromatic carbocycles. The number of aromatic amines is 1. The van der Waals surface area contributed by atoms with Gasteiger partial charge in [0, 0.05) is 25.1 Å². The fraction of sp³-hybridized carbons (Fsp3) is 0.455. The summed E-state index contributed by atoms with van der Waals surface area (Å²) in [5.74, 6) is -0.895. The lowest BCUT2D eigenvalue weighted by Crippen LogP contribution is -2.32. The average Bonchev–Trinajstić information content (AvgIpc) is 3.72. The summed E-state index contributed by atoms with van der Waals surface area (Å²) in [4.78, 5) is 29.3. The van der Waals surface area contributed by atoms with Crippen LogP contribution in [0.4, 0.5) is 27.6 Å². The highest BCUT2D eigenvalue weighted by Gasteiger charge is 2.37. The fourth-order valence-electron chi connectivity index (χ4n) is 5.58. The van der Waals surface area contributed by atoms with Gasteiger partial charge in [0.05, 0.1) is 23.4 Å². The number of carbonyl (C=O) groups excluding carboxylic acids is 1. The molecular weight excluding hydrogens is 715 g/mol. The molecule has 8 nitrogen and oxygen atoms in total. The molecule has 266 valence electrons. The van der Waals surface area contributed by atoms with E-state index in [9.17, 15) is 31.6 Å². The predicted molar refractivity (Wildman–Crippen MR) is 176 cm³/mol. The van der Waals surface area contributed by atoms with Gasteiger partial charge in [-0.3, -0.25) is 0 Å². The molecule has 1 saturated carbocycles. The molecule has 5 rings (SSSR count). The van der Waals surface area contributed by atoms with Gasteiger partial charge in [-0.2, -0.15) is 22.0 Å². The van der Waals surface area contributed by atoms with Crippen LogP contribution < -0.4 is 19.1 Å². The molecule has 1 aliphatic heterocycles. The van der Waals surface area contributed by atoms with Gasteiger partial charge in [0.1, 0.15) is 24.4 Å². The summed E-state index contributed by atoms with van der Waals surface area (Å²) in [5.41, 5.74) is -0.837. The summed E-state index contributed by atoms with van der Waals surface area (Å²) in [6.45, 7) is 0.763. The highest BCUT2D eigenvalue weighted by molar-refractivity contribution is 7.52. The van der Waals surface area contributed by atoms with Crippen molar-refractivity contribution in [2.45, 2.75) is 51.0 Å². The number of alkyl halides is 5. The van der Waals surface area contributed by atoms with Crippen LogP contribution in [-0.4, -0.2) is 61.8 Å². The van der Waals surface area contributed by atoms with E-state index in [0.717, 1.165) is 57.0 Å². The number of nitrogens with one attached hydrogen (secondary N) is 1. The van der Waals surface area contributed by atoms with Crippen LogP contribution in [0.3, 0.4) is 0 Å². The maximum absolute atomic E-state index is 14.2. The highest BCUT2D eigenvalue weighted by atomic mass is 35.5. The first kappa shape index (κ1) is 37.3. The Morgan fingerprint density at radius 3 is 2.39 bits per heavy atom. The Labute approximate surface area is 291 Å². The van der Waals surface area contributed by atoms with E-state index in [1.807, 2.05) is 0 Å². The monoisotopic (exact) mass is 750 g/mol. The van der Waals surface area contributed by atoms with E-state index in [1.165, 1.54) is 41.9 Å². The van der Waals surface area contributed by atoms with Gasteiger partial charge in [0.2, 0.25) is 0 Å². The van der Waals surface area contributed by atoms with E-state index in [0.29, 0.717) is 17.7 Å². The molecular formula is C33H36Cl2F5N3O5P+. The zero-order valence-electron chi connectivity index (χ0n) is 26.5. The summed E-state index contributed by atoms with van der Waals surface area (Å²) in [7, 11) is -2.02. The molecule has 0 radical (unpaired) electrons. The number of halogens is 7. The average molecular weight is 752 g/mol. The molecule has 49 heavy (non-hydrogen) atoms. The van der Waals surface area contributed by atoms with Crippen molar-refractivity contribution in [2.75, 3.05) is 44.1 Å². The molecule has 1 aliphatic carbocycles. The summed E-state index contributed by atoms with van der Waals surface area (Å²) in [6, 6.07) is 6.99. The van der Waals surface area contributed by atoms with Crippen LogP contribution in [0.25, 0.3) is 0 Å². The minimum absolute atomic E-state index is 0.00838. The summed E-state index contributed by atoms with van der Waals surface area (Å²) >= 11 is 12.8. The largest absolute Gasteiger partial charge is 0.489 e. The summed E-state index contributed by atoms with van der Waals surface area (Å²) < 4.78 is 86.8. The maximum atomic E-state index is 14.2. The molecule has 2 N–H and O–H groups in total. The van der Waals surface area contributed by atoms with Gasteiger partial charge in [-0.05, 0) is 87.3 Å². The Morgan fingerprint density at radius 2 is 1.78 bits per heavy atom. The van der Waals surface area contributed by atoms with E-state index in [4.69, 9.17) is 32.7 Å². The predicted octanol–water partition coefficient (Wildman–Crippen LogP) is 8.19.